The smallest absolute Gasteiger partial charge is 0.321 e. The summed E-state index contributed by atoms with van der Waals surface area (Å²) in [5, 5.41) is 2.97. The van der Waals surface area contributed by atoms with Crippen LogP contribution in [0.3, 0.4) is 0 Å². The van der Waals surface area contributed by atoms with Crippen molar-refractivity contribution in [1.82, 2.24) is 9.88 Å². The molecule has 0 spiro atoms. The quantitative estimate of drug-likeness (QED) is 0.407. The van der Waals surface area contributed by atoms with E-state index in [1.54, 1.807) is 18.3 Å². The van der Waals surface area contributed by atoms with Crippen molar-refractivity contribution in [2.24, 2.45) is 0 Å². The standard InChI is InChI=1S/C23H22ClF3N4O3S2/c1-13-19(20-4-3-14(9-28-20)15-10-31(11-15)12-23(25,26)27)8-21(35-13)22(32)29-17-5-16(24)6-18(7-17)30-36(2,33)34/h3-9,15,30H,10-12H2,1-2H3,(H,29,32). The van der Waals surface area contributed by atoms with E-state index in [1.807, 2.05) is 13.0 Å². The van der Waals surface area contributed by atoms with E-state index >= 15 is 0 Å². The molecule has 7 nitrogen and oxygen atoms in total. The molecule has 2 aromatic heterocycles. The van der Waals surface area contributed by atoms with Gasteiger partial charge in [-0.05, 0) is 42.8 Å². The average Bonchev–Trinajstić information content (AvgIpc) is 3.10. The molecule has 1 saturated heterocycles. The van der Waals surface area contributed by atoms with E-state index in [-0.39, 0.29) is 16.6 Å². The number of anilines is 2. The number of carbonyl (C=O) groups is 1. The van der Waals surface area contributed by atoms with Gasteiger partial charge >= 0.3 is 6.18 Å². The number of nitrogens with zero attached hydrogens (tertiary/aromatic N) is 2. The maximum atomic E-state index is 12.9. The number of carbonyl (C=O) groups excluding carboxylic acids is 1. The molecule has 1 amide bonds. The average molecular weight is 559 g/mol. The first-order chi connectivity index (χ1) is 16.8. The lowest BCUT2D eigenvalue weighted by atomic mass is 9.92. The predicted octanol–water partition coefficient (Wildman–Crippen LogP) is 5.36. The minimum atomic E-state index is -4.20. The lowest BCUT2D eigenvalue weighted by Gasteiger charge is -2.39. The van der Waals surface area contributed by atoms with E-state index < -0.39 is 28.7 Å². The number of hydrogen-bond donors (Lipinski definition) is 2. The first-order valence-corrected chi connectivity index (χ1v) is 13.8. The zero-order valence-electron chi connectivity index (χ0n) is 19.2. The van der Waals surface area contributed by atoms with Crippen LogP contribution in [-0.2, 0) is 10.0 Å². The summed E-state index contributed by atoms with van der Waals surface area (Å²) in [5.41, 5.74) is 2.85. The zero-order valence-corrected chi connectivity index (χ0v) is 21.6. The summed E-state index contributed by atoms with van der Waals surface area (Å²) in [6.45, 7) is 1.64. The molecule has 2 N–H and O–H groups in total. The molecule has 3 aromatic rings. The molecule has 3 heterocycles. The molecule has 1 aliphatic heterocycles. The van der Waals surface area contributed by atoms with Crippen molar-refractivity contribution in [2.75, 3.05) is 35.9 Å². The Morgan fingerprint density at radius 1 is 1.19 bits per heavy atom. The number of benzene rings is 1. The maximum absolute atomic E-state index is 12.9. The number of nitrogens with one attached hydrogen (secondary N) is 2. The minimum Gasteiger partial charge on any atom is -0.321 e. The second kappa shape index (κ2) is 10.0. The van der Waals surface area contributed by atoms with Crippen molar-refractivity contribution in [3.63, 3.8) is 0 Å². The Balaban J connectivity index is 1.44. The Morgan fingerprint density at radius 2 is 1.89 bits per heavy atom. The van der Waals surface area contributed by atoms with E-state index in [1.165, 1.54) is 34.4 Å². The third kappa shape index (κ3) is 6.75. The molecule has 36 heavy (non-hydrogen) atoms. The number of halogens is 4. The van der Waals surface area contributed by atoms with E-state index in [4.69, 9.17) is 11.6 Å². The minimum absolute atomic E-state index is 0.0126. The number of aryl methyl sites for hydroxylation is 1. The van der Waals surface area contributed by atoms with Gasteiger partial charge in [0.15, 0.2) is 0 Å². The summed E-state index contributed by atoms with van der Waals surface area (Å²) in [6, 6.07) is 9.77. The van der Waals surface area contributed by atoms with Gasteiger partial charge in [-0.3, -0.25) is 19.4 Å². The first kappa shape index (κ1) is 26.4. The van der Waals surface area contributed by atoms with Gasteiger partial charge < -0.3 is 5.32 Å². The van der Waals surface area contributed by atoms with E-state index in [0.717, 1.165) is 22.3 Å². The number of hydrogen-bond acceptors (Lipinski definition) is 6. The van der Waals surface area contributed by atoms with Crippen LogP contribution in [0, 0.1) is 6.92 Å². The fourth-order valence-corrected chi connectivity index (χ4v) is 5.65. The van der Waals surface area contributed by atoms with Gasteiger partial charge in [0.25, 0.3) is 5.91 Å². The van der Waals surface area contributed by atoms with Crippen LogP contribution < -0.4 is 10.0 Å². The third-order valence-corrected chi connectivity index (χ3v) is 7.37. The second-order valence-corrected chi connectivity index (χ2v) is 12.1. The zero-order chi connectivity index (χ0) is 26.3. The molecule has 4 rings (SSSR count). The fourth-order valence-electron chi connectivity index (χ4n) is 3.95. The van der Waals surface area contributed by atoms with Crippen LogP contribution in [0.1, 0.15) is 26.0 Å². The number of amides is 1. The Hall–Kier alpha value is -2.67. The topological polar surface area (TPSA) is 91.4 Å². The normalized spacial score (nSPS) is 14.9. The predicted molar refractivity (Wildman–Crippen MR) is 135 cm³/mol. The van der Waals surface area contributed by atoms with Crippen LogP contribution in [0.4, 0.5) is 24.5 Å². The van der Waals surface area contributed by atoms with Crippen molar-refractivity contribution in [3.8, 4) is 11.3 Å². The number of pyridine rings is 1. The van der Waals surface area contributed by atoms with Gasteiger partial charge in [-0.2, -0.15) is 13.2 Å². The Morgan fingerprint density at radius 3 is 2.50 bits per heavy atom. The van der Waals surface area contributed by atoms with Crippen LogP contribution in [0.5, 0.6) is 0 Å². The molecular weight excluding hydrogens is 537 g/mol. The SMILES string of the molecule is Cc1sc(C(=O)Nc2cc(Cl)cc(NS(C)(=O)=O)c2)cc1-c1ccc(C2CN(CC(F)(F)F)C2)cn1. The molecule has 1 aromatic carbocycles. The molecule has 0 aliphatic carbocycles. The molecule has 0 bridgehead atoms. The maximum Gasteiger partial charge on any atom is 0.401 e. The molecule has 0 unspecified atom stereocenters. The molecule has 1 fully saturated rings. The van der Waals surface area contributed by atoms with Gasteiger partial charge in [0.1, 0.15) is 0 Å². The lowest BCUT2D eigenvalue weighted by Crippen LogP contribution is -2.49. The van der Waals surface area contributed by atoms with Gasteiger partial charge in [0.2, 0.25) is 10.0 Å². The third-order valence-electron chi connectivity index (χ3n) is 5.49. The highest BCUT2D eigenvalue weighted by atomic mass is 35.5. The summed E-state index contributed by atoms with van der Waals surface area (Å²) >= 11 is 7.34. The number of thiophene rings is 1. The molecule has 0 radical (unpaired) electrons. The van der Waals surface area contributed by atoms with Crippen LogP contribution in [0.25, 0.3) is 11.3 Å². The van der Waals surface area contributed by atoms with Crippen LogP contribution >= 0.6 is 22.9 Å². The Kier molecular flexibility index (Phi) is 7.33. The highest BCUT2D eigenvalue weighted by Gasteiger charge is 2.37. The van der Waals surface area contributed by atoms with Crippen molar-refractivity contribution in [3.05, 3.63) is 62.9 Å². The highest BCUT2D eigenvalue weighted by Crippen LogP contribution is 2.34. The van der Waals surface area contributed by atoms with Crippen molar-refractivity contribution in [1.29, 1.82) is 0 Å². The number of rotatable bonds is 7. The lowest BCUT2D eigenvalue weighted by molar-refractivity contribution is -0.154. The number of likely N-dealkylation sites (tertiary alicyclic amines) is 1. The molecule has 1 aliphatic rings. The van der Waals surface area contributed by atoms with Gasteiger partial charge in [-0.1, -0.05) is 17.7 Å². The Bertz CT molecular complexity index is 1390. The van der Waals surface area contributed by atoms with Gasteiger partial charge in [0.05, 0.1) is 29.1 Å². The van der Waals surface area contributed by atoms with E-state index in [0.29, 0.717) is 29.3 Å². The van der Waals surface area contributed by atoms with Crippen molar-refractivity contribution < 1.29 is 26.4 Å². The van der Waals surface area contributed by atoms with E-state index in [9.17, 15) is 26.4 Å². The number of sulfonamides is 1. The molecular formula is C23H22ClF3N4O3S2. The van der Waals surface area contributed by atoms with Crippen LogP contribution in [0.2, 0.25) is 5.02 Å². The van der Waals surface area contributed by atoms with Crippen molar-refractivity contribution >= 4 is 50.2 Å². The van der Waals surface area contributed by atoms with Crippen molar-refractivity contribution in [2.45, 2.75) is 19.0 Å². The monoisotopic (exact) mass is 558 g/mol. The fraction of sp³-hybridized carbons (Fsp3) is 0.304. The second-order valence-electron chi connectivity index (χ2n) is 8.62. The Labute approximate surface area is 215 Å². The van der Waals surface area contributed by atoms with Gasteiger partial charge in [0, 0.05) is 46.4 Å². The van der Waals surface area contributed by atoms with Gasteiger partial charge in [-0.15, -0.1) is 11.3 Å². The van der Waals surface area contributed by atoms with Crippen LogP contribution in [-0.4, -0.2) is 56.3 Å². The van der Waals surface area contributed by atoms with Gasteiger partial charge in [-0.25, -0.2) is 8.42 Å². The summed E-state index contributed by atoms with van der Waals surface area (Å²) in [7, 11) is -3.51. The summed E-state index contributed by atoms with van der Waals surface area (Å²) in [4.78, 5) is 20.0. The summed E-state index contributed by atoms with van der Waals surface area (Å²) in [6.07, 6.45) is -1.52. The molecule has 0 saturated carbocycles. The van der Waals surface area contributed by atoms with Crippen LogP contribution in [0.15, 0.2) is 42.6 Å². The summed E-state index contributed by atoms with van der Waals surface area (Å²) in [5.74, 6) is -0.378. The largest absolute Gasteiger partial charge is 0.401 e. The summed E-state index contributed by atoms with van der Waals surface area (Å²) < 4.78 is 62.8. The number of alkyl halides is 3. The molecule has 192 valence electrons. The van der Waals surface area contributed by atoms with E-state index in [2.05, 4.69) is 15.0 Å². The first-order valence-electron chi connectivity index (χ1n) is 10.7. The number of aromatic nitrogens is 1. The highest BCUT2D eigenvalue weighted by molar-refractivity contribution is 7.92. The molecule has 13 heteroatoms. The molecule has 0 atom stereocenters.